The first-order valence-corrected chi connectivity index (χ1v) is 8.28. The minimum Gasteiger partial charge on any atom is -0.389 e. The van der Waals surface area contributed by atoms with Crippen molar-refractivity contribution in [1.82, 2.24) is 10.1 Å². The van der Waals surface area contributed by atoms with Crippen LogP contribution in [-0.2, 0) is 16.1 Å². The highest BCUT2D eigenvalue weighted by atomic mass is 35.5. The average molecular weight is 369 g/mol. The number of aliphatic hydroxyl groups excluding tert-OH is 1. The van der Waals surface area contributed by atoms with E-state index in [9.17, 15) is 5.11 Å². The Kier molecular flexibility index (Phi) is 7.87. The van der Waals surface area contributed by atoms with Gasteiger partial charge in [0.1, 0.15) is 6.61 Å². The smallest absolute Gasteiger partial charge is 0.162 e. The Balaban J connectivity index is 0.00000225. The van der Waals surface area contributed by atoms with Crippen LogP contribution in [0.4, 0.5) is 0 Å². The summed E-state index contributed by atoms with van der Waals surface area (Å²) < 4.78 is 16.1. The molecule has 1 aromatic heterocycles. The Morgan fingerprint density at radius 3 is 2.56 bits per heavy atom. The maximum atomic E-state index is 10.8. The lowest BCUT2D eigenvalue weighted by molar-refractivity contribution is -0.0558. The van der Waals surface area contributed by atoms with Gasteiger partial charge < -0.3 is 19.1 Å². The van der Waals surface area contributed by atoms with Gasteiger partial charge in [-0.25, -0.2) is 0 Å². The number of aromatic nitrogens is 1. The third-order valence-corrected chi connectivity index (χ3v) is 4.25. The monoisotopic (exact) mass is 368 g/mol. The Morgan fingerprint density at radius 1 is 1.20 bits per heavy atom. The van der Waals surface area contributed by atoms with E-state index in [0.717, 1.165) is 18.7 Å². The lowest BCUT2D eigenvalue weighted by atomic mass is 9.98. The molecule has 7 heteroatoms. The molecule has 2 atom stereocenters. The van der Waals surface area contributed by atoms with Gasteiger partial charge in [-0.3, -0.25) is 4.90 Å². The van der Waals surface area contributed by atoms with E-state index in [2.05, 4.69) is 41.2 Å². The van der Waals surface area contributed by atoms with E-state index in [1.54, 1.807) is 12.3 Å². The van der Waals surface area contributed by atoms with E-state index in [1.807, 2.05) is 0 Å². The number of benzene rings is 1. The van der Waals surface area contributed by atoms with Gasteiger partial charge in [-0.1, -0.05) is 35.0 Å². The molecule has 1 aliphatic rings. The van der Waals surface area contributed by atoms with Crippen LogP contribution in [0.3, 0.4) is 0 Å². The molecule has 2 aromatic rings. The largest absolute Gasteiger partial charge is 0.389 e. The van der Waals surface area contributed by atoms with Gasteiger partial charge in [-0.05, 0) is 12.5 Å². The fraction of sp³-hybridized carbons (Fsp3) is 0.500. The van der Waals surface area contributed by atoms with Crippen LogP contribution in [-0.4, -0.2) is 54.2 Å². The first-order valence-electron chi connectivity index (χ1n) is 8.28. The molecule has 0 amide bonds. The SMILES string of the molecule is Cc1ccc(C(C(O)COCc2ccno2)N2CCOCC2)cc1.Cl. The molecule has 3 rings (SSSR count). The number of aliphatic hydroxyl groups is 1. The van der Waals surface area contributed by atoms with E-state index in [0.29, 0.717) is 25.6 Å². The first kappa shape index (κ1) is 19.9. The molecule has 0 aliphatic carbocycles. The number of nitrogens with zero attached hydrogens (tertiary/aromatic N) is 2. The van der Waals surface area contributed by atoms with Gasteiger partial charge in [0.25, 0.3) is 0 Å². The van der Waals surface area contributed by atoms with Crippen LogP contribution in [0, 0.1) is 6.92 Å². The van der Waals surface area contributed by atoms with Gasteiger partial charge >= 0.3 is 0 Å². The average Bonchev–Trinajstić information content (AvgIpc) is 3.11. The predicted molar refractivity (Wildman–Crippen MR) is 95.7 cm³/mol. The standard InChI is InChI=1S/C18H24N2O4.ClH/c1-14-2-4-15(5-3-14)18(20-8-10-22-11-9-20)17(21)13-23-12-16-6-7-19-24-16;/h2-7,17-18,21H,8-13H2,1H3;1H. The van der Waals surface area contributed by atoms with Crippen LogP contribution in [0.25, 0.3) is 0 Å². The van der Waals surface area contributed by atoms with Gasteiger partial charge in [0.15, 0.2) is 5.76 Å². The molecule has 25 heavy (non-hydrogen) atoms. The van der Waals surface area contributed by atoms with Crippen molar-refractivity contribution in [3.05, 3.63) is 53.4 Å². The summed E-state index contributed by atoms with van der Waals surface area (Å²) in [4.78, 5) is 2.26. The quantitative estimate of drug-likeness (QED) is 0.809. The van der Waals surface area contributed by atoms with Gasteiger partial charge in [0.05, 0.1) is 38.2 Å². The summed E-state index contributed by atoms with van der Waals surface area (Å²) in [7, 11) is 0. The number of aryl methyl sites for hydroxylation is 1. The summed E-state index contributed by atoms with van der Waals surface area (Å²) in [6, 6.07) is 9.95. The summed E-state index contributed by atoms with van der Waals surface area (Å²) in [5.41, 5.74) is 2.30. The van der Waals surface area contributed by atoms with Crippen molar-refractivity contribution >= 4 is 12.4 Å². The number of morpholine rings is 1. The molecule has 1 aliphatic heterocycles. The highest BCUT2D eigenvalue weighted by Crippen LogP contribution is 2.26. The number of halogens is 1. The molecular weight excluding hydrogens is 344 g/mol. The van der Waals surface area contributed by atoms with Crippen LogP contribution < -0.4 is 0 Å². The Bertz CT molecular complexity index is 600. The molecule has 1 aromatic carbocycles. The van der Waals surface area contributed by atoms with E-state index >= 15 is 0 Å². The fourth-order valence-corrected chi connectivity index (χ4v) is 2.98. The molecule has 1 fully saturated rings. The normalized spacial score (nSPS) is 17.7. The van der Waals surface area contributed by atoms with Gasteiger partial charge in [-0.2, -0.15) is 0 Å². The highest BCUT2D eigenvalue weighted by Gasteiger charge is 2.29. The van der Waals surface area contributed by atoms with Crippen LogP contribution >= 0.6 is 12.4 Å². The van der Waals surface area contributed by atoms with E-state index < -0.39 is 6.10 Å². The Hall–Kier alpha value is -1.44. The highest BCUT2D eigenvalue weighted by molar-refractivity contribution is 5.85. The van der Waals surface area contributed by atoms with Gasteiger partial charge in [0, 0.05) is 19.2 Å². The summed E-state index contributed by atoms with van der Waals surface area (Å²) in [5, 5.41) is 14.4. The second kappa shape index (κ2) is 9.89. The van der Waals surface area contributed by atoms with Crippen molar-refractivity contribution in [2.75, 3.05) is 32.9 Å². The zero-order chi connectivity index (χ0) is 16.8. The zero-order valence-electron chi connectivity index (χ0n) is 14.3. The minimum absolute atomic E-state index is 0. The molecule has 1 saturated heterocycles. The second-order valence-electron chi connectivity index (χ2n) is 6.07. The molecule has 0 bridgehead atoms. The van der Waals surface area contributed by atoms with Crippen LogP contribution in [0.5, 0.6) is 0 Å². The Labute approximate surface area is 154 Å². The molecule has 0 saturated carbocycles. The summed E-state index contributed by atoms with van der Waals surface area (Å²) in [6.07, 6.45) is 0.951. The van der Waals surface area contributed by atoms with Crippen molar-refractivity contribution in [3.8, 4) is 0 Å². The molecule has 2 heterocycles. The second-order valence-corrected chi connectivity index (χ2v) is 6.07. The van der Waals surface area contributed by atoms with Crippen molar-refractivity contribution in [1.29, 1.82) is 0 Å². The van der Waals surface area contributed by atoms with Gasteiger partial charge in [-0.15, -0.1) is 12.4 Å². The van der Waals surface area contributed by atoms with Crippen molar-refractivity contribution in [2.45, 2.75) is 25.7 Å². The fourth-order valence-electron chi connectivity index (χ4n) is 2.98. The van der Waals surface area contributed by atoms with Crippen LogP contribution in [0.1, 0.15) is 22.9 Å². The third kappa shape index (κ3) is 5.52. The summed E-state index contributed by atoms with van der Waals surface area (Å²) >= 11 is 0. The molecule has 2 unspecified atom stereocenters. The number of rotatable bonds is 7. The first-order chi connectivity index (χ1) is 11.7. The van der Waals surface area contributed by atoms with Crippen LogP contribution in [0.15, 0.2) is 41.1 Å². The predicted octanol–water partition coefficient (Wildman–Crippen LogP) is 2.36. The zero-order valence-corrected chi connectivity index (χ0v) is 15.2. The maximum absolute atomic E-state index is 10.8. The molecule has 0 radical (unpaired) electrons. The lowest BCUT2D eigenvalue weighted by Crippen LogP contribution is -2.44. The van der Waals surface area contributed by atoms with Crippen molar-refractivity contribution in [3.63, 3.8) is 0 Å². The van der Waals surface area contributed by atoms with Crippen molar-refractivity contribution < 1.29 is 19.1 Å². The Morgan fingerprint density at radius 2 is 1.92 bits per heavy atom. The molecule has 6 nitrogen and oxygen atoms in total. The van der Waals surface area contributed by atoms with Gasteiger partial charge in [0.2, 0.25) is 0 Å². The summed E-state index contributed by atoms with van der Waals surface area (Å²) in [6.45, 7) is 5.58. The topological polar surface area (TPSA) is 68.0 Å². The number of hydrogen-bond donors (Lipinski definition) is 1. The van der Waals surface area contributed by atoms with E-state index in [-0.39, 0.29) is 25.1 Å². The molecular formula is C18H25ClN2O4. The summed E-state index contributed by atoms with van der Waals surface area (Å²) in [5.74, 6) is 0.653. The molecule has 0 spiro atoms. The lowest BCUT2D eigenvalue weighted by Gasteiger charge is -2.37. The maximum Gasteiger partial charge on any atom is 0.162 e. The van der Waals surface area contributed by atoms with Crippen LogP contribution in [0.2, 0.25) is 0 Å². The third-order valence-electron chi connectivity index (χ3n) is 4.25. The molecule has 1 N–H and O–H groups in total. The number of hydrogen-bond acceptors (Lipinski definition) is 6. The van der Waals surface area contributed by atoms with E-state index in [4.69, 9.17) is 14.0 Å². The number of ether oxygens (including phenoxy) is 2. The van der Waals surface area contributed by atoms with Crippen molar-refractivity contribution in [2.24, 2.45) is 0 Å². The minimum atomic E-state index is -0.631. The van der Waals surface area contributed by atoms with E-state index in [1.165, 1.54) is 5.56 Å². The molecule has 138 valence electrons.